The van der Waals surface area contributed by atoms with Crippen LogP contribution in [0.15, 0.2) is 22.8 Å². The molecule has 0 radical (unpaired) electrons. The molecule has 0 spiro atoms. The highest BCUT2D eigenvalue weighted by molar-refractivity contribution is 9.10. The second kappa shape index (κ2) is 3.20. The summed E-state index contributed by atoms with van der Waals surface area (Å²) < 4.78 is 7.70. The van der Waals surface area contributed by atoms with Gasteiger partial charge in [0.05, 0.1) is 23.8 Å². The minimum atomic E-state index is 0.611. The van der Waals surface area contributed by atoms with Crippen LogP contribution in [-0.2, 0) is 0 Å². The summed E-state index contributed by atoms with van der Waals surface area (Å²) in [6.45, 7) is 0. The number of fused-ring (bicyclic) bond motifs is 1. The van der Waals surface area contributed by atoms with Gasteiger partial charge in [-0.1, -0.05) is 27.5 Å². The second-order valence-electron chi connectivity index (χ2n) is 2.51. The van der Waals surface area contributed by atoms with Crippen molar-refractivity contribution in [2.75, 3.05) is 7.11 Å². The zero-order valence-corrected chi connectivity index (χ0v) is 9.13. The minimum absolute atomic E-state index is 0.611. The molecule has 0 aliphatic rings. The van der Waals surface area contributed by atoms with Gasteiger partial charge in [-0.25, -0.2) is 0 Å². The Hall–Kier alpha value is -0.740. The molecule has 13 heavy (non-hydrogen) atoms. The van der Waals surface area contributed by atoms with Gasteiger partial charge >= 0.3 is 0 Å². The Morgan fingerprint density at radius 1 is 1.54 bits per heavy atom. The van der Waals surface area contributed by atoms with Gasteiger partial charge in [-0.3, -0.25) is 0 Å². The number of ether oxygens (including phenoxy) is 1. The molecule has 2 aromatic rings. The van der Waals surface area contributed by atoms with Crippen molar-refractivity contribution in [3.8, 4) is 5.88 Å². The molecule has 0 saturated heterocycles. The fraction of sp³-hybridized carbons (Fsp3) is 0.125. The Morgan fingerprint density at radius 3 is 3.00 bits per heavy atom. The van der Waals surface area contributed by atoms with E-state index in [4.69, 9.17) is 16.3 Å². The van der Waals surface area contributed by atoms with Crippen molar-refractivity contribution >= 4 is 33.0 Å². The van der Waals surface area contributed by atoms with Gasteiger partial charge in [-0.05, 0) is 6.07 Å². The van der Waals surface area contributed by atoms with Gasteiger partial charge in [0.25, 0.3) is 0 Å². The topological polar surface area (TPSA) is 26.5 Å². The molecule has 0 N–H and O–H groups in total. The smallest absolute Gasteiger partial charge is 0.215 e. The lowest BCUT2D eigenvalue weighted by Crippen LogP contribution is -1.94. The first-order valence-corrected chi connectivity index (χ1v) is 4.76. The van der Waals surface area contributed by atoms with Crippen LogP contribution in [-0.4, -0.2) is 16.7 Å². The standard InChI is InChI=1S/C8H6BrClN2O/c1-13-8-3-5(9)2-7-6(10)4-11-12(7)8/h2-4H,1H3. The molecule has 0 aliphatic heterocycles. The van der Waals surface area contributed by atoms with Gasteiger partial charge in [0.15, 0.2) is 0 Å². The molecule has 68 valence electrons. The molecule has 5 heteroatoms. The number of aromatic nitrogens is 2. The third kappa shape index (κ3) is 1.40. The van der Waals surface area contributed by atoms with E-state index >= 15 is 0 Å². The molecule has 0 unspecified atom stereocenters. The Balaban J connectivity index is 2.84. The zero-order valence-electron chi connectivity index (χ0n) is 6.79. The quantitative estimate of drug-likeness (QED) is 0.789. The van der Waals surface area contributed by atoms with E-state index in [1.807, 2.05) is 12.1 Å². The molecule has 3 nitrogen and oxygen atoms in total. The third-order valence-corrected chi connectivity index (χ3v) is 2.46. The van der Waals surface area contributed by atoms with Gasteiger partial charge in [0.2, 0.25) is 5.88 Å². The fourth-order valence-corrected chi connectivity index (χ4v) is 1.73. The lowest BCUT2D eigenvalue weighted by atomic mass is 10.4. The molecule has 0 aliphatic carbocycles. The number of nitrogens with zero attached hydrogens (tertiary/aromatic N) is 2. The Kier molecular flexibility index (Phi) is 2.17. The summed E-state index contributed by atoms with van der Waals surface area (Å²) in [6.07, 6.45) is 1.59. The largest absolute Gasteiger partial charge is 0.481 e. The molecule has 0 aromatic carbocycles. The summed E-state index contributed by atoms with van der Waals surface area (Å²) in [7, 11) is 1.59. The van der Waals surface area contributed by atoms with Gasteiger partial charge in [-0.15, -0.1) is 0 Å². The number of halogens is 2. The number of pyridine rings is 1. The van der Waals surface area contributed by atoms with Gasteiger partial charge in [-0.2, -0.15) is 9.61 Å². The van der Waals surface area contributed by atoms with Crippen molar-refractivity contribution in [2.45, 2.75) is 0 Å². The highest BCUT2D eigenvalue weighted by Gasteiger charge is 2.07. The summed E-state index contributed by atoms with van der Waals surface area (Å²) in [4.78, 5) is 0. The summed E-state index contributed by atoms with van der Waals surface area (Å²) >= 11 is 9.28. The van der Waals surface area contributed by atoms with E-state index in [1.165, 1.54) is 0 Å². The molecular formula is C8H6BrClN2O. The molecular weight excluding hydrogens is 255 g/mol. The van der Waals surface area contributed by atoms with E-state index in [1.54, 1.807) is 17.8 Å². The van der Waals surface area contributed by atoms with Crippen LogP contribution in [0.2, 0.25) is 5.02 Å². The normalized spacial score (nSPS) is 10.7. The van der Waals surface area contributed by atoms with Crippen LogP contribution in [0.25, 0.3) is 5.52 Å². The third-order valence-electron chi connectivity index (χ3n) is 1.71. The summed E-state index contributed by atoms with van der Waals surface area (Å²) in [5.74, 6) is 0.649. The molecule has 2 heterocycles. The predicted octanol–water partition coefficient (Wildman–Crippen LogP) is 2.76. The SMILES string of the molecule is COc1cc(Br)cc2c(Cl)cnn12. The van der Waals surface area contributed by atoms with Crippen molar-refractivity contribution in [1.29, 1.82) is 0 Å². The summed E-state index contributed by atoms with van der Waals surface area (Å²) in [5, 5.41) is 4.68. The van der Waals surface area contributed by atoms with E-state index in [-0.39, 0.29) is 0 Å². The maximum Gasteiger partial charge on any atom is 0.215 e. The van der Waals surface area contributed by atoms with Crippen LogP contribution in [0.1, 0.15) is 0 Å². The van der Waals surface area contributed by atoms with E-state index < -0.39 is 0 Å². The van der Waals surface area contributed by atoms with Crippen molar-refractivity contribution in [3.05, 3.63) is 27.8 Å². The predicted molar refractivity (Wildman–Crippen MR) is 54.5 cm³/mol. The first-order chi connectivity index (χ1) is 6.22. The Morgan fingerprint density at radius 2 is 2.31 bits per heavy atom. The van der Waals surface area contributed by atoms with Gasteiger partial charge in [0.1, 0.15) is 0 Å². The van der Waals surface area contributed by atoms with E-state index in [0.717, 1.165) is 9.99 Å². The first-order valence-electron chi connectivity index (χ1n) is 3.59. The van der Waals surface area contributed by atoms with Crippen LogP contribution < -0.4 is 4.74 Å². The highest BCUT2D eigenvalue weighted by Crippen LogP contribution is 2.26. The maximum absolute atomic E-state index is 5.91. The fourth-order valence-electron chi connectivity index (χ4n) is 1.14. The van der Waals surface area contributed by atoms with Crippen LogP contribution >= 0.6 is 27.5 Å². The van der Waals surface area contributed by atoms with Crippen molar-refractivity contribution < 1.29 is 4.74 Å². The molecule has 0 fully saturated rings. The zero-order chi connectivity index (χ0) is 9.42. The molecule has 0 amide bonds. The van der Waals surface area contributed by atoms with E-state index in [9.17, 15) is 0 Å². The van der Waals surface area contributed by atoms with Crippen LogP contribution in [0, 0.1) is 0 Å². The number of rotatable bonds is 1. The summed E-state index contributed by atoms with van der Waals surface area (Å²) in [6, 6.07) is 3.72. The first kappa shape index (κ1) is 8.84. The van der Waals surface area contributed by atoms with E-state index in [0.29, 0.717) is 10.9 Å². The number of methoxy groups -OCH3 is 1. The van der Waals surface area contributed by atoms with Crippen molar-refractivity contribution in [2.24, 2.45) is 0 Å². The molecule has 2 aromatic heterocycles. The van der Waals surface area contributed by atoms with Crippen molar-refractivity contribution in [1.82, 2.24) is 9.61 Å². The molecule has 0 saturated carbocycles. The highest BCUT2D eigenvalue weighted by atomic mass is 79.9. The van der Waals surface area contributed by atoms with Gasteiger partial charge < -0.3 is 4.74 Å². The number of hydrogen-bond acceptors (Lipinski definition) is 2. The maximum atomic E-state index is 5.91. The average Bonchev–Trinajstić information content (AvgIpc) is 2.47. The van der Waals surface area contributed by atoms with Gasteiger partial charge in [0, 0.05) is 10.5 Å². The molecule has 0 bridgehead atoms. The number of hydrogen-bond donors (Lipinski definition) is 0. The lowest BCUT2D eigenvalue weighted by molar-refractivity contribution is 0.385. The van der Waals surface area contributed by atoms with Crippen LogP contribution in [0.4, 0.5) is 0 Å². The average molecular weight is 262 g/mol. The Bertz CT molecular complexity index is 455. The van der Waals surface area contributed by atoms with Crippen LogP contribution in [0.3, 0.4) is 0 Å². The molecule has 0 atom stereocenters. The lowest BCUT2D eigenvalue weighted by Gasteiger charge is -2.03. The minimum Gasteiger partial charge on any atom is -0.481 e. The monoisotopic (exact) mass is 260 g/mol. The van der Waals surface area contributed by atoms with E-state index in [2.05, 4.69) is 21.0 Å². The summed E-state index contributed by atoms with van der Waals surface area (Å²) in [5.41, 5.74) is 0.827. The molecule has 2 rings (SSSR count). The second-order valence-corrected chi connectivity index (χ2v) is 3.83. The Labute approximate surface area is 88.4 Å². The van der Waals surface area contributed by atoms with Crippen LogP contribution in [0.5, 0.6) is 5.88 Å². The van der Waals surface area contributed by atoms with Crippen molar-refractivity contribution in [3.63, 3.8) is 0 Å².